The molecule has 140 valence electrons. The van der Waals surface area contributed by atoms with Crippen molar-refractivity contribution in [3.63, 3.8) is 0 Å². The quantitative estimate of drug-likeness (QED) is 0.850. The summed E-state index contributed by atoms with van der Waals surface area (Å²) in [6.07, 6.45) is -2.20. The highest BCUT2D eigenvalue weighted by Crippen LogP contribution is 2.37. The molecule has 0 saturated carbocycles. The molecule has 0 aliphatic heterocycles. The maximum Gasteiger partial charge on any atom is 0.416 e. The van der Waals surface area contributed by atoms with Gasteiger partial charge < -0.3 is 0 Å². The van der Waals surface area contributed by atoms with Crippen molar-refractivity contribution in [2.75, 3.05) is 6.54 Å². The first-order valence-corrected chi connectivity index (χ1v) is 9.91. The third-order valence-corrected chi connectivity index (χ3v) is 6.20. The number of alkyl halides is 3. The third kappa shape index (κ3) is 4.10. The molecule has 3 nitrogen and oxygen atoms in total. The zero-order valence-corrected chi connectivity index (χ0v) is 15.1. The molecule has 0 radical (unpaired) electrons. The van der Waals surface area contributed by atoms with Crippen LogP contribution in [0.5, 0.6) is 0 Å². The van der Waals surface area contributed by atoms with Crippen LogP contribution in [0.4, 0.5) is 13.2 Å². The van der Waals surface area contributed by atoms with E-state index in [-0.39, 0.29) is 17.4 Å². The summed E-state index contributed by atoms with van der Waals surface area (Å²) >= 11 is 0. The molecule has 26 heavy (non-hydrogen) atoms. The molecule has 1 atom stereocenters. The molecule has 2 aromatic rings. The van der Waals surface area contributed by atoms with Gasteiger partial charge in [0, 0.05) is 6.54 Å². The normalized spacial score (nSPS) is 17.8. The van der Waals surface area contributed by atoms with Crippen LogP contribution in [0, 0.1) is 6.92 Å². The van der Waals surface area contributed by atoms with Crippen LogP contribution < -0.4 is 4.72 Å². The smallest absolute Gasteiger partial charge is 0.211 e. The molecule has 1 N–H and O–H groups in total. The number of nitrogens with one attached hydrogen (secondary N) is 1. The van der Waals surface area contributed by atoms with E-state index in [1.807, 2.05) is 6.92 Å². The van der Waals surface area contributed by atoms with Gasteiger partial charge in [-0.05, 0) is 67.5 Å². The van der Waals surface area contributed by atoms with Crippen LogP contribution >= 0.6 is 0 Å². The van der Waals surface area contributed by atoms with Crippen molar-refractivity contribution in [3.05, 3.63) is 64.7 Å². The summed E-state index contributed by atoms with van der Waals surface area (Å²) in [6.45, 7) is 1.95. The Morgan fingerprint density at radius 2 is 1.81 bits per heavy atom. The Hall–Kier alpha value is -1.86. The molecule has 3 rings (SSSR count). The summed E-state index contributed by atoms with van der Waals surface area (Å²) < 4.78 is 66.4. The van der Waals surface area contributed by atoms with Gasteiger partial charge in [-0.2, -0.15) is 13.2 Å². The van der Waals surface area contributed by atoms with Crippen LogP contribution in [0.1, 0.15) is 41.0 Å². The van der Waals surface area contributed by atoms with Crippen molar-refractivity contribution in [1.29, 1.82) is 0 Å². The number of aryl methyl sites for hydroxylation is 2. The minimum Gasteiger partial charge on any atom is -0.211 e. The Bertz CT molecular complexity index is 890. The number of rotatable bonds is 4. The predicted molar refractivity (Wildman–Crippen MR) is 93.5 cm³/mol. The van der Waals surface area contributed by atoms with Gasteiger partial charge in [0.1, 0.15) is 0 Å². The fraction of sp³-hybridized carbons (Fsp3) is 0.368. The summed E-state index contributed by atoms with van der Waals surface area (Å²) in [6, 6.07) is 10.2. The molecular formula is C19H20F3NO2S. The van der Waals surface area contributed by atoms with E-state index in [1.54, 1.807) is 12.1 Å². The van der Waals surface area contributed by atoms with Gasteiger partial charge in [-0.15, -0.1) is 0 Å². The number of fused-ring (bicyclic) bond motifs is 1. The SMILES string of the molecule is Cc1ccc(S(=O)(=O)NCC2CCCc3ccc(C(F)(F)F)cc32)cc1. The molecule has 0 heterocycles. The molecule has 1 aliphatic rings. The van der Waals surface area contributed by atoms with Crippen LogP contribution in [0.3, 0.4) is 0 Å². The third-order valence-electron chi connectivity index (χ3n) is 4.76. The summed E-state index contributed by atoms with van der Waals surface area (Å²) in [4.78, 5) is 0.156. The second-order valence-electron chi connectivity index (χ2n) is 6.67. The van der Waals surface area contributed by atoms with E-state index in [0.717, 1.165) is 23.6 Å². The van der Waals surface area contributed by atoms with E-state index in [2.05, 4.69) is 4.72 Å². The standard InChI is InChI=1S/C19H20F3NO2S/c1-13-5-9-17(10-6-13)26(24,25)23-12-15-4-2-3-14-7-8-16(11-18(14)15)19(20,21)22/h5-11,15,23H,2-4,12H2,1H3. The van der Waals surface area contributed by atoms with Gasteiger partial charge >= 0.3 is 6.18 Å². The van der Waals surface area contributed by atoms with E-state index in [4.69, 9.17) is 0 Å². The summed E-state index contributed by atoms with van der Waals surface area (Å²) in [7, 11) is -3.69. The largest absolute Gasteiger partial charge is 0.416 e. The van der Waals surface area contributed by atoms with Gasteiger partial charge in [0.25, 0.3) is 0 Å². The number of benzene rings is 2. The molecular weight excluding hydrogens is 363 g/mol. The maximum absolute atomic E-state index is 13.0. The first kappa shape index (κ1) is 18.9. The van der Waals surface area contributed by atoms with Gasteiger partial charge in [-0.25, -0.2) is 13.1 Å². The number of hydrogen-bond acceptors (Lipinski definition) is 2. The molecule has 0 amide bonds. The van der Waals surface area contributed by atoms with E-state index in [0.29, 0.717) is 18.4 Å². The van der Waals surface area contributed by atoms with Gasteiger partial charge in [0.05, 0.1) is 10.5 Å². The topological polar surface area (TPSA) is 46.2 Å². The highest BCUT2D eigenvalue weighted by Gasteiger charge is 2.32. The monoisotopic (exact) mass is 383 g/mol. The summed E-state index contributed by atoms with van der Waals surface area (Å²) in [5.74, 6) is -0.263. The van der Waals surface area contributed by atoms with Crippen molar-refractivity contribution in [2.24, 2.45) is 0 Å². The van der Waals surface area contributed by atoms with Crippen LogP contribution in [0.2, 0.25) is 0 Å². The van der Waals surface area contributed by atoms with Crippen LogP contribution in [0.15, 0.2) is 47.4 Å². The highest BCUT2D eigenvalue weighted by molar-refractivity contribution is 7.89. The van der Waals surface area contributed by atoms with E-state index in [1.165, 1.54) is 24.3 Å². The molecule has 7 heteroatoms. The molecule has 0 bridgehead atoms. The lowest BCUT2D eigenvalue weighted by Crippen LogP contribution is -2.30. The minimum atomic E-state index is -4.40. The van der Waals surface area contributed by atoms with Crippen molar-refractivity contribution in [3.8, 4) is 0 Å². The Morgan fingerprint density at radius 1 is 1.12 bits per heavy atom. The van der Waals surface area contributed by atoms with Gasteiger partial charge in [-0.1, -0.05) is 23.8 Å². The van der Waals surface area contributed by atoms with E-state index in [9.17, 15) is 21.6 Å². The number of hydrogen-bond donors (Lipinski definition) is 1. The van der Waals surface area contributed by atoms with Crippen LogP contribution in [-0.4, -0.2) is 15.0 Å². The van der Waals surface area contributed by atoms with Crippen molar-refractivity contribution < 1.29 is 21.6 Å². The molecule has 0 spiro atoms. The lowest BCUT2D eigenvalue weighted by Gasteiger charge is -2.26. The second-order valence-corrected chi connectivity index (χ2v) is 8.43. The second kappa shape index (κ2) is 7.04. The van der Waals surface area contributed by atoms with Gasteiger partial charge in [-0.3, -0.25) is 0 Å². The Labute approximate surface area is 151 Å². The number of sulfonamides is 1. The van der Waals surface area contributed by atoms with Crippen molar-refractivity contribution in [2.45, 2.75) is 43.2 Å². The summed E-state index contributed by atoms with van der Waals surface area (Å²) in [5, 5.41) is 0. The van der Waals surface area contributed by atoms with Gasteiger partial charge in [0.2, 0.25) is 10.0 Å². The van der Waals surface area contributed by atoms with Crippen LogP contribution in [-0.2, 0) is 22.6 Å². The zero-order chi connectivity index (χ0) is 18.9. The van der Waals surface area contributed by atoms with Gasteiger partial charge in [0.15, 0.2) is 0 Å². The Morgan fingerprint density at radius 3 is 2.46 bits per heavy atom. The molecule has 0 saturated heterocycles. The first-order chi connectivity index (χ1) is 12.2. The first-order valence-electron chi connectivity index (χ1n) is 8.43. The Balaban J connectivity index is 1.81. The highest BCUT2D eigenvalue weighted by atomic mass is 32.2. The van der Waals surface area contributed by atoms with E-state index < -0.39 is 21.8 Å². The molecule has 0 aromatic heterocycles. The van der Waals surface area contributed by atoms with Crippen LogP contribution in [0.25, 0.3) is 0 Å². The van der Waals surface area contributed by atoms with Crippen molar-refractivity contribution >= 4 is 10.0 Å². The minimum absolute atomic E-state index is 0.0878. The fourth-order valence-corrected chi connectivity index (χ4v) is 4.38. The molecule has 1 aliphatic carbocycles. The molecule has 0 fully saturated rings. The lowest BCUT2D eigenvalue weighted by molar-refractivity contribution is -0.137. The summed E-state index contributed by atoms with van der Waals surface area (Å²) in [5.41, 5.74) is 1.72. The zero-order valence-electron chi connectivity index (χ0n) is 14.3. The van der Waals surface area contributed by atoms with Crippen molar-refractivity contribution in [1.82, 2.24) is 4.72 Å². The average Bonchev–Trinajstić information content (AvgIpc) is 2.59. The molecule has 2 aromatic carbocycles. The fourth-order valence-electron chi connectivity index (χ4n) is 3.30. The molecule has 1 unspecified atom stereocenters. The Kier molecular flexibility index (Phi) is 5.12. The predicted octanol–water partition coefficient (Wildman–Crippen LogP) is 4.41. The number of halogens is 3. The maximum atomic E-state index is 13.0. The lowest BCUT2D eigenvalue weighted by atomic mass is 9.82. The average molecular weight is 383 g/mol. The van der Waals surface area contributed by atoms with E-state index >= 15 is 0 Å².